The third-order valence-corrected chi connectivity index (χ3v) is 5.35. The number of nitrogens with zero attached hydrogens (tertiary/aromatic N) is 2. The van der Waals surface area contributed by atoms with Gasteiger partial charge in [-0.3, -0.25) is 10.1 Å². The monoisotopic (exact) mass is 470 g/mol. The van der Waals surface area contributed by atoms with Gasteiger partial charge in [-0.1, -0.05) is 51.1 Å². The fourth-order valence-electron chi connectivity index (χ4n) is 3.36. The molecule has 3 aromatic rings. The summed E-state index contributed by atoms with van der Waals surface area (Å²) < 4.78 is 10.8. The van der Waals surface area contributed by atoms with E-state index in [1.807, 2.05) is 24.3 Å². The Kier molecular flexibility index (Phi) is 6.29. The lowest BCUT2D eigenvalue weighted by atomic mass is 9.87. The number of cyclic esters (lactones) is 1. The molecule has 0 spiro atoms. The first-order valence-electron chi connectivity index (χ1n) is 10.8. The second kappa shape index (κ2) is 9.34. The van der Waals surface area contributed by atoms with E-state index in [4.69, 9.17) is 9.47 Å². The second-order valence-electron chi connectivity index (χ2n) is 8.89. The number of nitro benzene ring substituents is 1. The Morgan fingerprint density at radius 2 is 1.66 bits per heavy atom. The number of hydrogen-bond acceptors (Lipinski definition) is 7. The number of carbonyl (C=O) groups excluding carboxylic acids is 2. The Hall–Kier alpha value is -4.59. The van der Waals surface area contributed by atoms with Crippen molar-refractivity contribution in [3.63, 3.8) is 0 Å². The molecule has 8 heteroatoms. The number of para-hydroxylation sites is 1. The average Bonchev–Trinajstić information content (AvgIpc) is 3.20. The van der Waals surface area contributed by atoms with Gasteiger partial charge in [0.15, 0.2) is 5.70 Å². The van der Waals surface area contributed by atoms with Crippen molar-refractivity contribution in [2.75, 3.05) is 0 Å². The predicted octanol–water partition coefficient (Wildman–Crippen LogP) is 5.46. The highest BCUT2D eigenvalue weighted by Gasteiger charge is 2.25. The van der Waals surface area contributed by atoms with Gasteiger partial charge in [-0.25, -0.2) is 14.6 Å². The molecular formula is C27H22N2O6. The number of rotatable bonds is 5. The van der Waals surface area contributed by atoms with Crippen LogP contribution in [-0.4, -0.2) is 22.8 Å². The van der Waals surface area contributed by atoms with Crippen LogP contribution < -0.4 is 4.74 Å². The topological polar surface area (TPSA) is 108 Å². The SMILES string of the molecule is CC(C)(C)c1ccc(C2=N/C(=C\c3ccccc3OC(=O)c3ccc([N+](=O)[O-])cc3)C(=O)O2)cc1. The Bertz CT molecular complexity index is 1360. The van der Waals surface area contributed by atoms with Gasteiger partial charge in [-0.15, -0.1) is 0 Å². The van der Waals surface area contributed by atoms with E-state index in [0.29, 0.717) is 11.1 Å². The molecule has 0 saturated heterocycles. The van der Waals surface area contributed by atoms with Crippen LogP contribution in [-0.2, 0) is 14.9 Å². The summed E-state index contributed by atoms with van der Waals surface area (Å²) in [5.41, 5.74) is 2.35. The van der Waals surface area contributed by atoms with Crippen LogP contribution in [0.5, 0.6) is 5.75 Å². The molecule has 0 N–H and O–H groups in total. The van der Waals surface area contributed by atoms with Crippen molar-refractivity contribution in [1.82, 2.24) is 0 Å². The zero-order valence-electron chi connectivity index (χ0n) is 19.3. The Balaban J connectivity index is 1.57. The molecule has 0 radical (unpaired) electrons. The summed E-state index contributed by atoms with van der Waals surface area (Å²) in [4.78, 5) is 39.6. The van der Waals surface area contributed by atoms with E-state index in [-0.39, 0.29) is 34.0 Å². The highest BCUT2D eigenvalue weighted by Crippen LogP contribution is 2.27. The smallest absolute Gasteiger partial charge is 0.363 e. The summed E-state index contributed by atoms with van der Waals surface area (Å²) in [5, 5.41) is 10.8. The number of nitro groups is 1. The van der Waals surface area contributed by atoms with Crippen molar-refractivity contribution in [1.29, 1.82) is 0 Å². The van der Waals surface area contributed by atoms with E-state index in [1.165, 1.54) is 30.3 Å². The molecule has 176 valence electrons. The van der Waals surface area contributed by atoms with Crippen molar-refractivity contribution < 1.29 is 24.0 Å². The molecule has 1 aliphatic heterocycles. The fraction of sp³-hybridized carbons (Fsp3) is 0.148. The van der Waals surface area contributed by atoms with E-state index in [0.717, 1.165) is 5.56 Å². The van der Waals surface area contributed by atoms with Crippen LogP contribution in [0.15, 0.2) is 83.5 Å². The molecule has 8 nitrogen and oxygen atoms in total. The summed E-state index contributed by atoms with van der Waals surface area (Å²) in [5.74, 6) is -0.907. The number of esters is 2. The van der Waals surface area contributed by atoms with Crippen LogP contribution in [0.25, 0.3) is 6.08 Å². The molecule has 0 fully saturated rings. The zero-order chi connectivity index (χ0) is 25.2. The fourth-order valence-corrected chi connectivity index (χ4v) is 3.36. The van der Waals surface area contributed by atoms with Crippen molar-refractivity contribution in [2.45, 2.75) is 26.2 Å². The van der Waals surface area contributed by atoms with E-state index >= 15 is 0 Å². The van der Waals surface area contributed by atoms with E-state index in [2.05, 4.69) is 25.8 Å². The number of aliphatic imine (C=N–C) groups is 1. The summed E-state index contributed by atoms with van der Waals surface area (Å²) in [7, 11) is 0. The third kappa shape index (κ3) is 5.33. The van der Waals surface area contributed by atoms with Gasteiger partial charge in [0.05, 0.1) is 10.5 Å². The van der Waals surface area contributed by atoms with E-state index in [9.17, 15) is 19.7 Å². The first-order chi connectivity index (χ1) is 16.6. The van der Waals surface area contributed by atoms with Gasteiger partial charge in [-0.05, 0) is 47.4 Å². The maximum atomic E-state index is 12.6. The number of hydrogen-bond donors (Lipinski definition) is 0. The normalized spacial score (nSPS) is 14.4. The third-order valence-electron chi connectivity index (χ3n) is 5.35. The summed E-state index contributed by atoms with van der Waals surface area (Å²) in [6, 6.07) is 19.4. The Labute approximate surface area is 201 Å². The molecule has 0 bridgehead atoms. The maximum Gasteiger partial charge on any atom is 0.363 e. The van der Waals surface area contributed by atoms with Gasteiger partial charge < -0.3 is 9.47 Å². The summed E-state index contributed by atoms with van der Waals surface area (Å²) in [6.45, 7) is 6.34. The van der Waals surface area contributed by atoms with Crippen molar-refractivity contribution >= 4 is 29.6 Å². The molecule has 3 aromatic carbocycles. The van der Waals surface area contributed by atoms with E-state index in [1.54, 1.807) is 24.3 Å². The number of ether oxygens (including phenoxy) is 2. The number of carbonyl (C=O) groups is 2. The van der Waals surface area contributed by atoms with Gasteiger partial charge in [-0.2, -0.15) is 0 Å². The number of benzene rings is 3. The van der Waals surface area contributed by atoms with Crippen LogP contribution in [0.2, 0.25) is 0 Å². The summed E-state index contributed by atoms with van der Waals surface area (Å²) in [6.07, 6.45) is 1.48. The van der Waals surface area contributed by atoms with Crippen molar-refractivity contribution in [2.24, 2.45) is 4.99 Å². The predicted molar refractivity (Wildman–Crippen MR) is 130 cm³/mol. The van der Waals surface area contributed by atoms with Gasteiger partial charge >= 0.3 is 11.9 Å². The molecule has 0 atom stereocenters. The highest BCUT2D eigenvalue weighted by atomic mass is 16.6. The maximum absolute atomic E-state index is 12.6. The first kappa shape index (κ1) is 23.6. The van der Waals surface area contributed by atoms with Gasteiger partial charge in [0, 0.05) is 23.3 Å². The van der Waals surface area contributed by atoms with Crippen LogP contribution in [0, 0.1) is 10.1 Å². The zero-order valence-corrected chi connectivity index (χ0v) is 19.3. The first-order valence-corrected chi connectivity index (χ1v) is 10.8. The molecule has 1 heterocycles. The molecule has 0 aromatic heterocycles. The van der Waals surface area contributed by atoms with Crippen LogP contribution >= 0.6 is 0 Å². The molecular weight excluding hydrogens is 448 g/mol. The standard InChI is InChI=1S/C27H22N2O6/c1-27(2,3)20-12-8-17(9-13-20)24-28-22(26(31)35-24)16-19-6-4-5-7-23(19)34-25(30)18-10-14-21(15-11-18)29(32)33/h4-16H,1-3H3/b22-16-. The highest BCUT2D eigenvalue weighted by molar-refractivity contribution is 6.13. The Morgan fingerprint density at radius 3 is 2.29 bits per heavy atom. The minimum atomic E-state index is -0.692. The van der Waals surface area contributed by atoms with Gasteiger partial charge in [0.25, 0.3) is 5.69 Å². The van der Waals surface area contributed by atoms with Crippen LogP contribution in [0.1, 0.15) is 47.8 Å². The molecule has 0 unspecified atom stereocenters. The second-order valence-corrected chi connectivity index (χ2v) is 8.89. The van der Waals surface area contributed by atoms with E-state index < -0.39 is 16.9 Å². The minimum Gasteiger partial charge on any atom is -0.422 e. The quantitative estimate of drug-likeness (QED) is 0.161. The molecule has 4 rings (SSSR count). The lowest BCUT2D eigenvalue weighted by Crippen LogP contribution is -2.11. The minimum absolute atomic E-state index is 0.00658. The average molecular weight is 470 g/mol. The summed E-state index contributed by atoms with van der Waals surface area (Å²) >= 11 is 0. The molecule has 35 heavy (non-hydrogen) atoms. The van der Waals surface area contributed by atoms with Crippen molar-refractivity contribution in [3.05, 3.63) is 111 Å². The number of non-ortho nitro benzene ring substituents is 1. The molecule has 0 saturated carbocycles. The van der Waals surface area contributed by atoms with Crippen molar-refractivity contribution in [3.8, 4) is 5.75 Å². The van der Waals surface area contributed by atoms with Crippen LogP contribution in [0.3, 0.4) is 0 Å². The van der Waals surface area contributed by atoms with Gasteiger partial charge in [0.1, 0.15) is 5.75 Å². The molecule has 0 amide bonds. The van der Waals surface area contributed by atoms with Crippen LogP contribution in [0.4, 0.5) is 5.69 Å². The largest absolute Gasteiger partial charge is 0.422 e. The molecule has 0 aliphatic carbocycles. The Morgan fingerprint density at radius 1 is 1.00 bits per heavy atom. The lowest BCUT2D eigenvalue weighted by Gasteiger charge is -2.18. The van der Waals surface area contributed by atoms with Gasteiger partial charge in [0.2, 0.25) is 5.90 Å². The lowest BCUT2D eigenvalue weighted by molar-refractivity contribution is -0.384. The molecule has 1 aliphatic rings.